The van der Waals surface area contributed by atoms with Gasteiger partial charge in [0.2, 0.25) is 0 Å². The normalized spacial score (nSPS) is 11.3. The van der Waals surface area contributed by atoms with Crippen molar-refractivity contribution in [3.05, 3.63) is 53.1 Å². The Bertz CT molecular complexity index is 1080. The van der Waals surface area contributed by atoms with Crippen molar-refractivity contribution in [3.63, 3.8) is 0 Å². The lowest BCUT2D eigenvalue weighted by Crippen LogP contribution is -2.03. The molecule has 0 radical (unpaired) electrons. The Balaban J connectivity index is 1.69. The third-order valence-corrected chi connectivity index (χ3v) is 5.22. The Morgan fingerprint density at radius 1 is 1.19 bits per heavy atom. The Morgan fingerprint density at radius 3 is 2.69 bits per heavy atom. The molecule has 0 aliphatic heterocycles. The maximum absolute atomic E-state index is 10.9. The van der Waals surface area contributed by atoms with Crippen LogP contribution in [0.3, 0.4) is 0 Å². The van der Waals surface area contributed by atoms with E-state index in [9.17, 15) is 8.42 Å². The zero-order chi connectivity index (χ0) is 18.6. The summed E-state index contributed by atoms with van der Waals surface area (Å²) >= 11 is 7.38. The first-order valence-electron chi connectivity index (χ1n) is 7.91. The Morgan fingerprint density at radius 2 is 1.96 bits per heavy atom. The number of benzene rings is 2. The zero-order valence-electron chi connectivity index (χ0n) is 14.0. The van der Waals surface area contributed by atoms with Crippen LogP contribution in [-0.4, -0.2) is 25.7 Å². The lowest BCUT2D eigenvalue weighted by atomic mass is 10.1. The molecule has 0 saturated heterocycles. The molecule has 0 atom stereocenters. The Labute approximate surface area is 162 Å². The van der Waals surface area contributed by atoms with Crippen molar-refractivity contribution in [2.24, 2.45) is 0 Å². The predicted molar refractivity (Wildman–Crippen MR) is 107 cm³/mol. The molecule has 0 aliphatic carbocycles. The van der Waals surface area contributed by atoms with Gasteiger partial charge in [0, 0.05) is 28.0 Å². The Kier molecular flexibility index (Phi) is 5.94. The topological polar surface area (TPSA) is 56.3 Å². The molecule has 2 aromatic carbocycles. The van der Waals surface area contributed by atoms with Crippen LogP contribution in [0.4, 0.5) is 0 Å². The van der Waals surface area contributed by atoms with Crippen LogP contribution in [-0.2, 0) is 14.3 Å². The number of unbranched alkanes of at least 4 members (excludes halogenated alkanes) is 1. The molecule has 0 amide bonds. The van der Waals surface area contributed by atoms with Crippen LogP contribution in [0.1, 0.15) is 18.4 Å². The number of nitrogens with zero attached hydrogens (tertiary/aromatic N) is 1. The third kappa shape index (κ3) is 5.05. The van der Waals surface area contributed by atoms with Crippen molar-refractivity contribution in [2.75, 3.05) is 12.9 Å². The second-order valence-corrected chi connectivity index (χ2v) is 8.57. The summed E-state index contributed by atoms with van der Waals surface area (Å²) < 4.78 is 32.0. The molecular formula is C19H16ClNO3S2. The van der Waals surface area contributed by atoms with E-state index >= 15 is 0 Å². The van der Waals surface area contributed by atoms with Crippen molar-refractivity contribution in [3.8, 4) is 23.1 Å². The van der Waals surface area contributed by atoms with Crippen LogP contribution in [0.2, 0.25) is 5.02 Å². The van der Waals surface area contributed by atoms with Crippen molar-refractivity contribution in [1.82, 2.24) is 4.37 Å². The maximum Gasteiger partial charge on any atom is 0.264 e. The number of aromatic nitrogens is 1. The second kappa shape index (κ2) is 8.19. The molecule has 3 rings (SSSR count). The van der Waals surface area contributed by atoms with Crippen molar-refractivity contribution in [2.45, 2.75) is 12.8 Å². The largest absolute Gasteiger partial charge is 0.270 e. The van der Waals surface area contributed by atoms with Crippen molar-refractivity contribution < 1.29 is 12.6 Å². The lowest BCUT2D eigenvalue weighted by molar-refractivity contribution is 0.317. The van der Waals surface area contributed by atoms with E-state index in [0.29, 0.717) is 17.9 Å². The first kappa shape index (κ1) is 18.9. The molecule has 0 spiro atoms. The van der Waals surface area contributed by atoms with E-state index in [1.54, 1.807) is 0 Å². The van der Waals surface area contributed by atoms with Gasteiger partial charge in [-0.15, -0.1) is 0 Å². The molecular weight excluding hydrogens is 390 g/mol. The molecule has 0 aliphatic rings. The second-order valence-electron chi connectivity index (χ2n) is 5.68. The van der Waals surface area contributed by atoms with E-state index in [2.05, 4.69) is 20.4 Å². The number of hydrogen-bond donors (Lipinski definition) is 0. The van der Waals surface area contributed by atoms with Gasteiger partial charge in [0.05, 0.1) is 23.3 Å². The zero-order valence-corrected chi connectivity index (χ0v) is 16.4. The lowest BCUT2D eigenvalue weighted by Gasteiger charge is -1.99. The van der Waals surface area contributed by atoms with E-state index in [0.717, 1.165) is 33.2 Å². The molecule has 4 nitrogen and oxygen atoms in total. The molecule has 0 saturated carbocycles. The van der Waals surface area contributed by atoms with Crippen LogP contribution in [0.5, 0.6) is 0 Å². The fourth-order valence-corrected chi connectivity index (χ4v) is 3.75. The smallest absolute Gasteiger partial charge is 0.264 e. The maximum atomic E-state index is 10.9. The third-order valence-electron chi connectivity index (χ3n) is 3.57. The van der Waals surface area contributed by atoms with Gasteiger partial charge in [-0.05, 0) is 42.2 Å². The predicted octanol–water partition coefficient (Wildman–Crippen LogP) is 4.72. The average molecular weight is 406 g/mol. The van der Waals surface area contributed by atoms with Crippen molar-refractivity contribution >= 4 is 43.3 Å². The van der Waals surface area contributed by atoms with Gasteiger partial charge in [-0.3, -0.25) is 4.18 Å². The van der Waals surface area contributed by atoms with Crippen LogP contribution in [0, 0.1) is 11.8 Å². The number of rotatable bonds is 5. The molecule has 26 heavy (non-hydrogen) atoms. The van der Waals surface area contributed by atoms with E-state index < -0.39 is 10.1 Å². The molecule has 0 unspecified atom stereocenters. The summed E-state index contributed by atoms with van der Waals surface area (Å²) in [5.41, 5.74) is 2.89. The van der Waals surface area contributed by atoms with Gasteiger partial charge in [-0.2, -0.15) is 12.8 Å². The number of fused-ring (bicyclic) bond motifs is 1. The van der Waals surface area contributed by atoms with E-state index in [-0.39, 0.29) is 6.61 Å². The van der Waals surface area contributed by atoms with Crippen molar-refractivity contribution in [1.29, 1.82) is 0 Å². The summed E-state index contributed by atoms with van der Waals surface area (Å²) in [6.07, 6.45) is 2.19. The minimum atomic E-state index is -3.37. The minimum absolute atomic E-state index is 0.159. The summed E-state index contributed by atoms with van der Waals surface area (Å²) in [5, 5.41) is 1.79. The molecule has 134 valence electrons. The van der Waals surface area contributed by atoms with Gasteiger partial charge >= 0.3 is 0 Å². The van der Waals surface area contributed by atoms with Gasteiger partial charge in [-0.25, -0.2) is 0 Å². The number of hydrogen-bond acceptors (Lipinski definition) is 5. The van der Waals surface area contributed by atoms with E-state index in [4.69, 9.17) is 11.6 Å². The van der Waals surface area contributed by atoms with Gasteiger partial charge in [-0.1, -0.05) is 41.6 Å². The minimum Gasteiger partial charge on any atom is -0.270 e. The van der Waals surface area contributed by atoms with Crippen LogP contribution >= 0.6 is 23.1 Å². The fraction of sp³-hybridized carbons (Fsp3) is 0.211. The van der Waals surface area contributed by atoms with Gasteiger partial charge in [0.25, 0.3) is 10.1 Å². The highest BCUT2D eigenvalue weighted by Crippen LogP contribution is 2.31. The van der Waals surface area contributed by atoms with Gasteiger partial charge in [0.1, 0.15) is 0 Å². The van der Waals surface area contributed by atoms with E-state index in [1.165, 1.54) is 11.5 Å². The molecule has 0 bridgehead atoms. The molecule has 0 N–H and O–H groups in total. The molecule has 1 heterocycles. The standard InChI is InChI=1S/C19H16ClNO3S2/c1-26(22,23)24-12-4-2-3-5-14-6-11-17-18(13-14)25-21-19(17)15-7-9-16(20)10-8-15/h6-11,13H,2,4,12H2,1H3. The van der Waals surface area contributed by atoms with Crippen LogP contribution in [0.15, 0.2) is 42.5 Å². The monoisotopic (exact) mass is 405 g/mol. The Hall–Kier alpha value is -1.91. The average Bonchev–Trinajstić information content (AvgIpc) is 3.01. The highest BCUT2D eigenvalue weighted by Gasteiger charge is 2.08. The molecule has 0 fully saturated rings. The summed E-state index contributed by atoms with van der Waals surface area (Å²) in [4.78, 5) is 0. The summed E-state index contributed by atoms with van der Waals surface area (Å²) in [7, 11) is -3.37. The molecule has 1 aromatic heterocycles. The summed E-state index contributed by atoms with van der Waals surface area (Å²) in [5.74, 6) is 6.14. The first-order chi connectivity index (χ1) is 12.4. The quantitative estimate of drug-likeness (QED) is 0.350. The first-order valence-corrected chi connectivity index (χ1v) is 10.9. The highest BCUT2D eigenvalue weighted by atomic mass is 35.5. The van der Waals surface area contributed by atoms with Gasteiger partial charge in [0.15, 0.2) is 0 Å². The molecule has 3 aromatic rings. The summed E-state index contributed by atoms with van der Waals surface area (Å²) in [6, 6.07) is 13.7. The SMILES string of the molecule is CS(=O)(=O)OCCCC#Cc1ccc2c(-c3ccc(Cl)cc3)nsc2c1. The fourth-order valence-electron chi connectivity index (χ4n) is 2.37. The van der Waals surface area contributed by atoms with Crippen LogP contribution in [0.25, 0.3) is 21.3 Å². The summed E-state index contributed by atoms with van der Waals surface area (Å²) in [6.45, 7) is 0.159. The molecule has 7 heteroatoms. The van der Waals surface area contributed by atoms with Gasteiger partial charge < -0.3 is 0 Å². The van der Waals surface area contributed by atoms with E-state index in [1.807, 2.05) is 42.5 Å². The number of halogens is 1. The highest BCUT2D eigenvalue weighted by molar-refractivity contribution is 7.85. The van der Waals surface area contributed by atoms with Crippen LogP contribution < -0.4 is 0 Å².